The van der Waals surface area contributed by atoms with Crippen LogP contribution < -0.4 is 5.32 Å². The van der Waals surface area contributed by atoms with E-state index in [1.54, 1.807) is 18.2 Å². The first-order valence-electron chi connectivity index (χ1n) is 6.73. The van der Waals surface area contributed by atoms with Crippen LogP contribution in [0, 0.1) is 0 Å². The number of rotatable bonds is 7. The van der Waals surface area contributed by atoms with E-state index in [2.05, 4.69) is 15.4 Å². The SMILES string of the molecule is O=C(CCn1cncn1)NC(Cc1cc(Cl)cc(Cl)c1)C(=O)O. The number of carbonyl (C=O) groups is 2. The molecular formula is C14H14Cl2N4O3. The van der Waals surface area contributed by atoms with E-state index in [0.717, 1.165) is 0 Å². The van der Waals surface area contributed by atoms with E-state index < -0.39 is 12.0 Å². The number of nitrogens with one attached hydrogen (secondary N) is 1. The second kappa shape index (κ2) is 7.94. The van der Waals surface area contributed by atoms with Gasteiger partial charge in [0.15, 0.2) is 0 Å². The van der Waals surface area contributed by atoms with Crippen LogP contribution in [-0.2, 0) is 22.6 Å². The Morgan fingerprint density at radius 2 is 1.96 bits per heavy atom. The van der Waals surface area contributed by atoms with Crippen LogP contribution >= 0.6 is 23.2 Å². The third kappa shape index (κ3) is 5.54. The molecule has 0 spiro atoms. The number of aliphatic carboxylic acids is 1. The quantitative estimate of drug-likeness (QED) is 0.787. The van der Waals surface area contributed by atoms with Gasteiger partial charge in [0.05, 0.1) is 6.54 Å². The van der Waals surface area contributed by atoms with Gasteiger partial charge in [-0.05, 0) is 23.8 Å². The number of nitrogens with zero attached hydrogens (tertiary/aromatic N) is 3. The van der Waals surface area contributed by atoms with Crippen LogP contribution in [0.2, 0.25) is 10.0 Å². The monoisotopic (exact) mass is 356 g/mol. The third-order valence-corrected chi connectivity index (χ3v) is 3.47. The summed E-state index contributed by atoms with van der Waals surface area (Å²) in [6, 6.07) is 3.72. The number of benzene rings is 1. The van der Waals surface area contributed by atoms with E-state index in [0.29, 0.717) is 22.2 Å². The standard InChI is InChI=1S/C14H14Cl2N4O3/c15-10-3-9(4-11(16)6-10)5-12(14(22)23)19-13(21)1-2-20-8-17-7-18-20/h3-4,6-8,12H,1-2,5H2,(H,19,21)(H,22,23). The number of halogens is 2. The molecule has 0 fully saturated rings. The number of carboxylic acids is 1. The Balaban J connectivity index is 1.95. The van der Waals surface area contributed by atoms with Gasteiger partial charge in [0.25, 0.3) is 0 Å². The number of hydrogen-bond donors (Lipinski definition) is 2. The zero-order chi connectivity index (χ0) is 16.8. The minimum atomic E-state index is -1.13. The predicted octanol–water partition coefficient (Wildman–Crippen LogP) is 1.79. The van der Waals surface area contributed by atoms with Gasteiger partial charge in [-0.25, -0.2) is 9.78 Å². The normalized spacial score (nSPS) is 11.9. The lowest BCUT2D eigenvalue weighted by atomic mass is 10.1. The fourth-order valence-corrected chi connectivity index (χ4v) is 2.57. The molecule has 0 saturated heterocycles. The van der Waals surface area contributed by atoms with E-state index >= 15 is 0 Å². The van der Waals surface area contributed by atoms with Crippen LogP contribution in [0.1, 0.15) is 12.0 Å². The number of amides is 1. The summed E-state index contributed by atoms with van der Waals surface area (Å²) in [4.78, 5) is 27.0. The highest BCUT2D eigenvalue weighted by molar-refractivity contribution is 6.34. The second-order valence-electron chi connectivity index (χ2n) is 4.85. The summed E-state index contributed by atoms with van der Waals surface area (Å²) < 4.78 is 1.49. The molecule has 1 amide bonds. The number of carbonyl (C=O) groups excluding carboxylic acids is 1. The van der Waals surface area contributed by atoms with E-state index in [9.17, 15) is 14.7 Å². The molecule has 9 heteroatoms. The molecular weight excluding hydrogens is 343 g/mol. The average molecular weight is 357 g/mol. The minimum absolute atomic E-state index is 0.0880. The summed E-state index contributed by atoms with van der Waals surface area (Å²) in [7, 11) is 0. The average Bonchev–Trinajstić information content (AvgIpc) is 2.96. The van der Waals surface area contributed by atoms with E-state index in [4.69, 9.17) is 23.2 Å². The van der Waals surface area contributed by atoms with Crippen molar-refractivity contribution in [1.29, 1.82) is 0 Å². The maximum absolute atomic E-state index is 11.9. The van der Waals surface area contributed by atoms with Gasteiger partial charge < -0.3 is 10.4 Å². The Labute approximate surface area is 142 Å². The summed E-state index contributed by atoms with van der Waals surface area (Å²) in [6.45, 7) is 0.321. The van der Waals surface area contributed by atoms with Gasteiger partial charge in [-0.3, -0.25) is 9.48 Å². The number of aromatic nitrogens is 3. The minimum Gasteiger partial charge on any atom is -0.480 e. The maximum atomic E-state index is 11.9. The predicted molar refractivity (Wildman–Crippen MR) is 84.4 cm³/mol. The zero-order valence-corrected chi connectivity index (χ0v) is 13.5. The van der Waals surface area contributed by atoms with E-state index in [1.807, 2.05) is 0 Å². The lowest BCUT2D eigenvalue weighted by Crippen LogP contribution is -2.42. The highest BCUT2D eigenvalue weighted by Crippen LogP contribution is 2.20. The largest absolute Gasteiger partial charge is 0.480 e. The fraction of sp³-hybridized carbons (Fsp3) is 0.286. The first kappa shape index (κ1) is 17.2. The smallest absolute Gasteiger partial charge is 0.326 e. The Morgan fingerprint density at radius 1 is 1.26 bits per heavy atom. The first-order chi connectivity index (χ1) is 10.9. The molecule has 0 saturated carbocycles. The van der Waals surface area contributed by atoms with Crippen LogP contribution in [0.5, 0.6) is 0 Å². The highest BCUT2D eigenvalue weighted by Gasteiger charge is 2.20. The first-order valence-corrected chi connectivity index (χ1v) is 7.49. The summed E-state index contributed by atoms with van der Waals surface area (Å²) in [5.41, 5.74) is 0.631. The van der Waals surface area contributed by atoms with Crippen molar-refractivity contribution in [2.24, 2.45) is 0 Å². The van der Waals surface area contributed by atoms with Crippen LogP contribution in [-0.4, -0.2) is 37.8 Å². The summed E-state index contributed by atoms with van der Waals surface area (Å²) in [6.07, 6.45) is 3.03. The zero-order valence-electron chi connectivity index (χ0n) is 11.9. The Hall–Kier alpha value is -2.12. The van der Waals surface area contributed by atoms with Crippen molar-refractivity contribution >= 4 is 35.1 Å². The van der Waals surface area contributed by atoms with Crippen LogP contribution in [0.25, 0.3) is 0 Å². The molecule has 1 atom stereocenters. The number of aryl methyl sites for hydroxylation is 1. The van der Waals surface area contributed by atoms with E-state index in [-0.39, 0.29) is 18.7 Å². The molecule has 0 aliphatic carbocycles. The molecule has 2 rings (SSSR count). The molecule has 0 bridgehead atoms. The molecule has 2 N–H and O–H groups in total. The van der Waals surface area contributed by atoms with Crippen molar-refractivity contribution in [3.05, 3.63) is 46.5 Å². The van der Waals surface area contributed by atoms with Crippen molar-refractivity contribution in [3.63, 3.8) is 0 Å². The molecule has 1 aromatic heterocycles. The topological polar surface area (TPSA) is 97.1 Å². The number of hydrogen-bond acceptors (Lipinski definition) is 4. The van der Waals surface area contributed by atoms with Gasteiger partial charge in [-0.2, -0.15) is 5.10 Å². The van der Waals surface area contributed by atoms with E-state index in [1.165, 1.54) is 17.3 Å². The van der Waals surface area contributed by atoms with Gasteiger partial charge in [-0.1, -0.05) is 23.2 Å². The van der Waals surface area contributed by atoms with Gasteiger partial charge in [-0.15, -0.1) is 0 Å². The summed E-state index contributed by atoms with van der Waals surface area (Å²) in [5.74, 6) is -1.52. The van der Waals surface area contributed by atoms with Crippen molar-refractivity contribution in [2.45, 2.75) is 25.4 Å². The Bertz CT molecular complexity index is 671. The van der Waals surface area contributed by atoms with Gasteiger partial charge in [0.2, 0.25) is 5.91 Å². The Morgan fingerprint density at radius 3 is 2.52 bits per heavy atom. The molecule has 23 heavy (non-hydrogen) atoms. The molecule has 0 aliphatic heterocycles. The molecule has 7 nitrogen and oxygen atoms in total. The van der Waals surface area contributed by atoms with Crippen LogP contribution in [0.4, 0.5) is 0 Å². The van der Waals surface area contributed by atoms with Crippen LogP contribution in [0.15, 0.2) is 30.9 Å². The highest BCUT2D eigenvalue weighted by atomic mass is 35.5. The molecule has 2 aromatic rings. The Kier molecular flexibility index (Phi) is 5.95. The van der Waals surface area contributed by atoms with Crippen molar-refractivity contribution in [1.82, 2.24) is 20.1 Å². The van der Waals surface area contributed by atoms with Gasteiger partial charge in [0, 0.05) is 22.9 Å². The van der Waals surface area contributed by atoms with Crippen molar-refractivity contribution in [2.75, 3.05) is 0 Å². The molecule has 0 aliphatic rings. The second-order valence-corrected chi connectivity index (χ2v) is 5.72. The molecule has 1 unspecified atom stereocenters. The van der Waals surface area contributed by atoms with Gasteiger partial charge >= 0.3 is 5.97 Å². The molecule has 1 heterocycles. The fourth-order valence-electron chi connectivity index (χ4n) is 2.00. The lowest BCUT2D eigenvalue weighted by Gasteiger charge is -2.15. The number of carboxylic acid groups (broad SMARTS) is 1. The van der Waals surface area contributed by atoms with Gasteiger partial charge in [0.1, 0.15) is 18.7 Å². The lowest BCUT2D eigenvalue weighted by molar-refractivity contribution is -0.141. The van der Waals surface area contributed by atoms with Crippen LogP contribution in [0.3, 0.4) is 0 Å². The molecule has 0 radical (unpaired) electrons. The van der Waals surface area contributed by atoms with Crippen molar-refractivity contribution < 1.29 is 14.7 Å². The maximum Gasteiger partial charge on any atom is 0.326 e. The summed E-state index contributed by atoms with van der Waals surface area (Å²) in [5, 5.41) is 16.4. The molecule has 1 aromatic carbocycles. The molecule has 122 valence electrons. The third-order valence-electron chi connectivity index (χ3n) is 3.03. The van der Waals surface area contributed by atoms with Crippen molar-refractivity contribution in [3.8, 4) is 0 Å². The summed E-state index contributed by atoms with van der Waals surface area (Å²) >= 11 is 11.8.